The van der Waals surface area contributed by atoms with E-state index in [9.17, 15) is 0 Å². The van der Waals surface area contributed by atoms with Crippen LogP contribution in [0.5, 0.6) is 0 Å². The Kier molecular flexibility index (Phi) is 5.46. The van der Waals surface area contributed by atoms with Crippen molar-refractivity contribution in [2.24, 2.45) is 5.92 Å². The molecule has 2 aliphatic rings. The first-order valence-electron chi connectivity index (χ1n) is 7.56. The lowest BCUT2D eigenvalue weighted by atomic mass is 9.91. The monoisotopic (exact) mass is 265 g/mol. The number of nitrogens with zero attached hydrogens (tertiary/aromatic N) is 1. The highest BCUT2D eigenvalue weighted by Gasteiger charge is 2.29. The Morgan fingerprint density at radius 1 is 1.32 bits per heavy atom. The van der Waals surface area contributed by atoms with E-state index in [1.165, 1.54) is 31.5 Å². The van der Waals surface area contributed by atoms with Crippen molar-refractivity contribution in [1.29, 1.82) is 0 Å². The molecule has 0 spiro atoms. The second kappa shape index (κ2) is 7.11. The molecule has 108 valence electrons. The van der Waals surface area contributed by atoms with Crippen LogP contribution in [0.15, 0.2) is 23.5 Å². The lowest BCUT2D eigenvalue weighted by molar-refractivity contribution is -0.0579. The number of hydrogen-bond donors (Lipinski definition) is 0. The molecule has 0 radical (unpaired) electrons. The molecule has 0 aromatic heterocycles. The summed E-state index contributed by atoms with van der Waals surface area (Å²) in [5, 5.41) is 0. The third-order valence-electron chi connectivity index (χ3n) is 3.82. The van der Waals surface area contributed by atoms with E-state index in [4.69, 9.17) is 9.47 Å². The smallest absolute Gasteiger partial charge is 0.126 e. The number of hydrogen-bond acceptors (Lipinski definition) is 3. The van der Waals surface area contributed by atoms with Crippen molar-refractivity contribution in [3.05, 3.63) is 23.5 Å². The minimum atomic E-state index is 0.153. The fraction of sp³-hybridized carbons (Fsp3) is 0.750. The molecule has 0 amide bonds. The molecule has 1 saturated heterocycles. The molecular formula is C16H27NO2. The summed E-state index contributed by atoms with van der Waals surface area (Å²) in [4.78, 5) is 2.41. The van der Waals surface area contributed by atoms with E-state index in [2.05, 4.69) is 37.9 Å². The summed E-state index contributed by atoms with van der Waals surface area (Å²) in [6.45, 7) is 8.22. The first-order valence-corrected chi connectivity index (χ1v) is 7.56. The Balaban J connectivity index is 1.82. The van der Waals surface area contributed by atoms with Crippen molar-refractivity contribution in [3.8, 4) is 0 Å². The summed E-state index contributed by atoms with van der Waals surface area (Å²) in [5.74, 6) is 1.47. The second-order valence-electron chi connectivity index (χ2n) is 5.69. The standard InChI is InChI=1S/C16H27NO2/c1-4-7-17(3)8-5-6-14-11-13(2)16-15(12-14)18-9-10-19-16/h11-13,16H,4-10H2,1-3H3. The Bertz CT molecular complexity index is 349. The van der Waals surface area contributed by atoms with Crippen molar-refractivity contribution >= 4 is 0 Å². The van der Waals surface area contributed by atoms with Gasteiger partial charge in [-0.2, -0.15) is 0 Å². The molecule has 2 atom stereocenters. The zero-order valence-corrected chi connectivity index (χ0v) is 12.5. The largest absolute Gasteiger partial charge is 0.493 e. The van der Waals surface area contributed by atoms with Crippen LogP contribution >= 0.6 is 0 Å². The van der Waals surface area contributed by atoms with Crippen LogP contribution in [-0.2, 0) is 9.47 Å². The summed E-state index contributed by atoms with van der Waals surface area (Å²) < 4.78 is 11.5. The first-order chi connectivity index (χ1) is 9.20. The molecule has 0 saturated carbocycles. The van der Waals surface area contributed by atoms with Gasteiger partial charge < -0.3 is 14.4 Å². The van der Waals surface area contributed by atoms with Gasteiger partial charge in [0, 0.05) is 5.92 Å². The number of ether oxygens (including phenoxy) is 2. The average Bonchev–Trinajstić information content (AvgIpc) is 2.39. The van der Waals surface area contributed by atoms with E-state index in [0.29, 0.717) is 12.5 Å². The van der Waals surface area contributed by atoms with Crippen molar-refractivity contribution in [2.45, 2.75) is 39.2 Å². The minimum Gasteiger partial charge on any atom is -0.493 e. The predicted octanol–water partition coefficient (Wildman–Crippen LogP) is 2.98. The van der Waals surface area contributed by atoms with Gasteiger partial charge in [0.05, 0.1) is 6.61 Å². The highest BCUT2D eigenvalue weighted by atomic mass is 16.6. The Morgan fingerprint density at radius 2 is 2.16 bits per heavy atom. The molecule has 0 aromatic rings. The Hall–Kier alpha value is -0.800. The van der Waals surface area contributed by atoms with E-state index < -0.39 is 0 Å². The van der Waals surface area contributed by atoms with Gasteiger partial charge in [0.25, 0.3) is 0 Å². The molecule has 0 N–H and O–H groups in total. The van der Waals surface area contributed by atoms with E-state index in [-0.39, 0.29) is 6.10 Å². The minimum absolute atomic E-state index is 0.153. The first kappa shape index (κ1) is 14.6. The van der Waals surface area contributed by atoms with Gasteiger partial charge in [-0.1, -0.05) is 19.9 Å². The fourth-order valence-electron chi connectivity index (χ4n) is 2.89. The molecule has 1 aliphatic heterocycles. The molecule has 1 aliphatic carbocycles. The third-order valence-corrected chi connectivity index (χ3v) is 3.82. The van der Waals surface area contributed by atoms with Crippen LogP contribution in [0.25, 0.3) is 0 Å². The predicted molar refractivity (Wildman–Crippen MR) is 78.0 cm³/mol. The highest BCUT2D eigenvalue weighted by molar-refractivity contribution is 5.30. The summed E-state index contributed by atoms with van der Waals surface area (Å²) in [7, 11) is 2.20. The Labute approximate surface area is 117 Å². The van der Waals surface area contributed by atoms with Crippen molar-refractivity contribution < 1.29 is 9.47 Å². The molecule has 2 rings (SSSR count). The summed E-state index contributed by atoms with van der Waals surface area (Å²) >= 11 is 0. The van der Waals surface area contributed by atoms with E-state index in [0.717, 1.165) is 18.8 Å². The van der Waals surface area contributed by atoms with E-state index >= 15 is 0 Å². The zero-order valence-electron chi connectivity index (χ0n) is 12.5. The van der Waals surface area contributed by atoms with Crippen molar-refractivity contribution in [2.75, 3.05) is 33.4 Å². The van der Waals surface area contributed by atoms with Crippen LogP contribution in [-0.4, -0.2) is 44.4 Å². The molecule has 0 aromatic carbocycles. The lowest BCUT2D eigenvalue weighted by Crippen LogP contribution is -2.33. The van der Waals surface area contributed by atoms with Crippen LogP contribution in [0.4, 0.5) is 0 Å². The van der Waals surface area contributed by atoms with Crippen LogP contribution in [0.2, 0.25) is 0 Å². The van der Waals surface area contributed by atoms with Crippen molar-refractivity contribution in [3.63, 3.8) is 0 Å². The van der Waals surface area contributed by atoms with Gasteiger partial charge in [-0.25, -0.2) is 0 Å². The molecule has 2 unspecified atom stereocenters. The van der Waals surface area contributed by atoms with Gasteiger partial charge in [0.15, 0.2) is 0 Å². The quantitative estimate of drug-likeness (QED) is 0.737. The summed E-state index contributed by atoms with van der Waals surface area (Å²) in [6, 6.07) is 0. The van der Waals surface area contributed by atoms with Gasteiger partial charge in [-0.3, -0.25) is 0 Å². The summed E-state index contributed by atoms with van der Waals surface area (Å²) in [5.41, 5.74) is 1.41. The summed E-state index contributed by atoms with van der Waals surface area (Å²) in [6.07, 6.45) is 8.28. The van der Waals surface area contributed by atoms with Gasteiger partial charge in [0.1, 0.15) is 18.5 Å². The van der Waals surface area contributed by atoms with Gasteiger partial charge in [-0.05, 0) is 51.0 Å². The van der Waals surface area contributed by atoms with E-state index in [1.807, 2.05) is 0 Å². The molecule has 1 fully saturated rings. The average molecular weight is 265 g/mol. The van der Waals surface area contributed by atoms with Gasteiger partial charge in [-0.15, -0.1) is 0 Å². The van der Waals surface area contributed by atoms with Crippen LogP contribution in [0.3, 0.4) is 0 Å². The molecular weight excluding hydrogens is 238 g/mol. The van der Waals surface area contributed by atoms with Gasteiger partial charge in [0.2, 0.25) is 0 Å². The molecule has 19 heavy (non-hydrogen) atoms. The third kappa shape index (κ3) is 4.08. The van der Waals surface area contributed by atoms with E-state index in [1.54, 1.807) is 0 Å². The zero-order chi connectivity index (χ0) is 13.7. The van der Waals surface area contributed by atoms with Crippen molar-refractivity contribution in [1.82, 2.24) is 4.90 Å². The number of rotatable bonds is 6. The fourth-order valence-corrected chi connectivity index (χ4v) is 2.89. The molecule has 1 heterocycles. The molecule has 3 heteroatoms. The number of fused-ring (bicyclic) bond motifs is 1. The second-order valence-corrected chi connectivity index (χ2v) is 5.69. The van der Waals surface area contributed by atoms with Crippen LogP contribution < -0.4 is 0 Å². The maximum Gasteiger partial charge on any atom is 0.126 e. The van der Waals surface area contributed by atoms with Crippen LogP contribution in [0, 0.1) is 5.92 Å². The van der Waals surface area contributed by atoms with Gasteiger partial charge >= 0.3 is 0 Å². The molecule has 3 nitrogen and oxygen atoms in total. The number of allylic oxidation sites excluding steroid dienone is 2. The topological polar surface area (TPSA) is 21.7 Å². The Morgan fingerprint density at radius 3 is 2.95 bits per heavy atom. The highest BCUT2D eigenvalue weighted by Crippen LogP contribution is 2.30. The lowest BCUT2D eigenvalue weighted by Gasteiger charge is -2.33. The molecule has 0 bridgehead atoms. The normalized spacial score (nSPS) is 26.5. The van der Waals surface area contributed by atoms with Crippen LogP contribution in [0.1, 0.15) is 33.1 Å². The maximum absolute atomic E-state index is 5.77. The maximum atomic E-state index is 5.77. The SMILES string of the molecule is CCCN(C)CCCC1=CC(C)C2OCCOC2=C1.